The molecule has 12 heavy (non-hydrogen) atoms. The molecule has 0 aromatic carbocycles. The first-order valence-corrected chi connectivity index (χ1v) is 4.24. The molecule has 0 bridgehead atoms. The van der Waals surface area contributed by atoms with Gasteiger partial charge in [-0.1, -0.05) is 0 Å². The highest BCUT2D eigenvalue weighted by Gasteiger charge is 2.07. The van der Waals surface area contributed by atoms with E-state index in [1.54, 1.807) is 0 Å². The standard InChI is InChI=1S/2C4H8O2/c1-4-2-5-3-6-4;1-2-5-4-6-3-1/h4H,2-3H2,1H3;1-4H2. The minimum Gasteiger partial charge on any atom is -0.355 e. The van der Waals surface area contributed by atoms with E-state index < -0.39 is 0 Å². The highest BCUT2D eigenvalue weighted by molar-refractivity contribution is 4.47. The van der Waals surface area contributed by atoms with Crippen LogP contribution in [0.3, 0.4) is 0 Å². The fourth-order valence-electron chi connectivity index (χ4n) is 0.866. The average molecular weight is 176 g/mol. The maximum absolute atomic E-state index is 4.93. The predicted molar refractivity (Wildman–Crippen MR) is 42.8 cm³/mol. The Hall–Kier alpha value is -0.160. The molecule has 0 spiro atoms. The van der Waals surface area contributed by atoms with Gasteiger partial charge in [-0.3, -0.25) is 0 Å². The summed E-state index contributed by atoms with van der Waals surface area (Å²) in [6.45, 7) is 5.49. The lowest BCUT2D eigenvalue weighted by Gasteiger charge is -2.09. The van der Waals surface area contributed by atoms with Crippen molar-refractivity contribution >= 4 is 0 Å². The smallest absolute Gasteiger partial charge is 0.147 e. The topological polar surface area (TPSA) is 36.9 Å². The van der Waals surface area contributed by atoms with Crippen molar-refractivity contribution in [1.82, 2.24) is 0 Å². The third-order valence-corrected chi connectivity index (χ3v) is 1.53. The quantitative estimate of drug-likeness (QED) is 0.546. The van der Waals surface area contributed by atoms with Crippen molar-refractivity contribution in [2.24, 2.45) is 0 Å². The van der Waals surface area contributed by atoms with Crippen molar-refractivity contribution in [2.75, 3.05) is 33.4 Å². The van der Waals surface area contributed by atoms with Gasteiger partial charge in [-0.15, -0.1) is 0 Å². The van der Waals surface area contributed by atoms with Gasteiger partial charge in [0.1, 0.15) is 13.6 Å². The first-order valence-electron chi connectivity index (χ1n) is 4.24. The average Bonchev–Trinajstić information content (AvgIpc) is 2.60. The molecule has 72 valence electrons. The maximum Gasteiger partial charge on any atom is 0.147 e. The second-order valence-corrected chi connectivity index (χ2v) is 2.75. The monoisotopic (exact) mass is 176 g/mol. The molecule has 2 fully saturated rings. The first kappa shape index (κ1) is 9.92. The number of hydrogen-bond acceptors (Lipinski definition) is 4. The van der Waals surface area contributed by atoms with Crippen LogP contribution in [0.1, 0.15) is 13.3 Å². The van der Waals surface area contributed by atoms with Crippen LogP contribution in [0, 0.1) is 0 Å². The minimum atomic E-state index is 0.324. The maximum atomic E-state index is 4.93. The van der Waals surface area contributed by atoms with E-state index >= 15 is 0 Å². The van der Waals surface area contributed by atoms with Crippen LogP contribution >= 0.6 is 0 Å². The Balaban J connectivity index is 0.000000120. The number of ether oxygens (including phenoxy) is 4. The van der Waals surface area contributed by atoms with Crippen molar-refractivity contribution in [3.8, 4) is 0 Å². The SMILES string of the molecule is C1COCOC1.CC1COCO1. The number of rotatable bonds is 0. The van der Waals surface area contributed by atoms with Gasteiger partial charge >= 0.3 is 0 Å². The third-order valence-electron chi connectivity index (χ3n) is 1.53. The van der Waals surface area contributed by atoms with E-state index in [-0.39, 0.29) is 0 Å². The molecular weight excluding hydrogens is 160 g/mol. The van der Waals surface area contributed by atoms with Gasteiger partial charge in [0.05, 0.1) is 25.9 Å². The van der Waals surface area contributed by atoms with Gasteiger partial charge in [-0.25, -0.2) is 0 Å². The summed E-state index contributed by atoms with van der Waals surface area (Å²) < 4.78 is 19.5. The summed E-state index contributed by atoms with van der Waals surface area (Å²) in [5.41, 5.74) is 0. The predicted octanol–water partition coefficient (Wildman–Crippen LogP) is 0.760. The van der Waals surface area contributed by atoms with E-state index in [1.165, 1.54) is 0 Å². The van der Waals surface area contributed by atoms with Gasteiger partial charge in [0.25, 0.3) is 0 Å². The van der Waals surface area contributed by atoms with E-state index in [0.29, 0.717) is 19.7 Å². The fraction of sp³-hybridized carbons (Fsp3) is 1.00. The van der Waals surface area contributed by atoms with Crippen LogP contribution in [-0.4, -0.2) is 39.5 Å². The molecule has 2 rings (SSSR count). The lowest BCUT2D eigenvalue weighted by molar-refractivity contribution is -0.0963. The van der Waals surface area contributed by atoms with Crippen molar-refractivity contribution in [3.05, 3.63) is 0 Å². The highest BCUT2D eigenvalue weighted by atomic mass is 16.7. The van der Waals surface area contributed by atoms with Gasteiger partial charge in [0, 0.05) is 0 Å². The Morgan fingerprint density at radius 3 is 1.92 bits per heavy atom. The van der Waals surface area contributed by atoms with Gasteiger partial charge in [0.15, 0.2) is 0 Å². The third kappa shape index (κ3) is 4.66. The largest absolute Gasteiger partial charge is 0.355 e. The summed E-state index contributed by atoms with van der Waals surface area (Å²) in [6, 6.07) is 0. The lowest BCUT2D eigenvalue weighted by Crippen LogP contribution is -2.11. The van der Waals surface area contributed by atoms with Crippen molar-refractivity contribution < 1.29 is 18.9 Å². The molecule has 4 nitrogen and oxygen atoms in total. The normalized spacial score (nSPS) is 29.2. The second kappa shape index (κ2) is 6.37. The van der Waals surface area contributed by atoms with Crippen molar-refractivity contribution in [1.29, 1.82) is 0 Å². The van der Waals surface area contributed by atoms with Crippen LogP contribution in [0.5, 0.6) is 0 Å². The molecule has 2 heterocycles. The van der Waals surface area contributed by atoms with Gasteiger partial charge in [-0.2, -0.15) is 0 Å². The van der Waals surface area contributed by atoms with Crippen molar-refractivity contribution in [3.63, 3.8) is 0 Å². The van der Waals surface area contributed by atoms with Crippen LogP contribution in [-0.2, 0) is 18.9 Å². The molecule has 1 unspecified atom stereocenters. The summed E-state index contributed by atoms with van der Waals surface area (Å²) in [5, 5.41) is 0. The van der Waals surface area contributed by atoms with E-state index in [4.69, 9.17) is 18.9 Å². The Morgan fingerprint density at radius 1 is 1.00 bits per heavy atom. The van der Waals surface area contributed by atoms with Crippen LogP contribution in [0.15, 0.2) is 0 Å². The fourth-order valence-corrected chi connectivity index (χ4v) is 0.866. The zero-order chi connectivity index (χ0) is 8.65. The molecule has 0 aromatic heterocycles. The Kier molecular flexibility index (Phi) is 5.27. The molecule has 0 radical (unpaired) electrons. The van der Waals surface area contributed by atoms with Gasteiger partial charge in [-0.05, 0) is 13.3 Å². The van der Waals surface area contributed by atoms with Crippen LogP contribution in [0.25, 0.3) is 0 Å². The summed E-state index contributed by atoms with van der Waals surface area (Å²) in [6.07, 6.45) is 1.38. The number of hydrogen-bond donors (Lipinski definition) is 0. The lowest BCUT2D eigenvalue weighted by atomic mass is 10.5. The molecule has 1 atom stereocenters. The zero-order valence-electron chi connectivity index (χ0n) is 7.45. The van der Waals surface area contributed by atoms with E-state index in [9.17, 15) is 0 Å². The van der Waals surface area contributed by atoms with Gasteiger partial charge in [0.2, 0.25) is 0 Å². The Labute approximate surface area is 72.7 Å². The van der Waals surface area contributed by atoms with E-state index in [1.807, 2.05) is 6.92 Å². The molecule has 0 N–H and O–H groups in total. The molecule has 2 saturated heterocycles. The highest BCUT2D eigenvalue weighted by Crippen LogP contribution is 1.98. The Bertz CT molecular complexity index is 85.7. The van der Waals surface area contributed by atoms with E-state index in [2.05, 4.69) is 0 Å². The van der Waals surface area contributed by atoms with Crippen LogP contribution in [0.2, 0.25) is 0 Å². The summed E-state index contributed by atoms with van der Waals surface area (Å²) in [4.78, 5) is 0. The molecule has 0 amide bonds. The summed E-state index contributed by atoms with van der Waals surface area (Å²) >= 11 is 0. The van der Waals surface area contributed by atoms with Crippen LogP contribution in [0.4, 0.5) is 0 Å². The molecule has 4 heteroatoms. The zero-order valence-corrected chi connectivity index (χ0v) is 7.45. The molecule has 0 aromatic rings. The first-order chi connectivity index (χ1) is 5.89. The Morgan fingerprint density at radius 2 is 1.75 bits per heavy atom. The summed E-state index contributed by atoms with van der Waals surface area (Å²) in [7, 11) is 0. The minimum absolute atomic E-state index is 0.324. The van der Waals surface area contributed by atoms with Gasteiger partial charge < -0.3 is 18.9 Å². The molecule has 2 aliphatic heterocycles. The molecule has 2 aliphatic rings. The summed E-state index contributed by atoms with van der Waals surface area (Å²) in [5.74, 6) is 0. The molecule has 0 aliphatic carbocycles. The molecule has 0 saturated carbocycles. The van der Waals surface area contributed by atoms with E-state index in [0.717, 1.165) is 26.2 Å². The van der Waals surface area contributed by atoms with Crippen LogP contribution < -0.4 is 0 Å². The second-order valence-electron chi connectivity index (χ2n) is 2.75. The van der Waals surface area contributed by atoms with Crippen molar-refractivity contribution in [2.45, 2.75) is 19.4 Å². The molecular formula is C8H16O4.